The van der Waals surface area contributed by atoms with E-state index in [1.165, 1.54) is 18.2 Å². The second-order valence-corrected chi connectivity index (χ2v) is 6.40. The summed E-state index contributed by atoms with van der Waals surface area (Å²) in [5.41, 5.74) is 0.602. The van der Waals surface area contributed by atoms with Crippen LogP contribution in [0.2, 0.25) is 0 Å². The fourth-order valence-corrected chi connectivity index (χ4v) is 2.68. The number of hydrogen-bond donors (Lipinski definition) is 3. The zero-order valence-corrected chi connectivity index (χ0v) is 16.3. The van der Waals surface area contributed by atoms with E-state index in [0.717, 1.165) is 37.0 Å². The van der Waals surface area contributed by atoms with Gasteiger partial charge < -0.3 is 20.4 Å². The Balaban J connectivity index is 2.43. The third-order valence-electron chi connectivity index (χ3n) is 4.07. The van der Waals surface area contributed by atoms with E-state index >= 15 is 0 Å². The normalized spacial score (nSPS) is 12.3. The van der Waals surface area contributed by atoms with Crippen molar-refractivity contribution in [1.29, 1.82) is 5.41 Å². The van der Waals surface area contributed by atoms with Gasteiger partial charge in [-0.05, 0) is 38.4 Å². The second kappa shape index (κ2) is 10.0. The number of aromatic amines is 1. The van der Waals surface area contributed by atoms with Crippen LogP contribution in [0.4, 0.5) is 13.2 Å². The molecular formula is C20H24F3N5O. The van der Waals surface area contributed by atoms with Gasteiger partial charge in [0, 0.05) is 37.0 Å². The van der Waals surface area contributed by atoms with Crippen LogP contribution >= 0.6 is 0 Å². The first-order valence-electron chi connectivity index (χ1n) is 8.88. The summed E-state index contributed by atoms with van der Waals surface area (Å²) in [6.45, 7) is 5.57. The highest BCUT2D eigenvalue weighted by Gasteiger charge is 2.32. The molecule has 0 unspecified atom stereocenters. The Hall–Kier alpha value is -2.91. The van der Waals surface area contributed by atoms with Crippen LogP contribution in [0.15, 0.2) is 48.9 Å². The molecule has 0 atom stereocenters. The predicted molar refractivity (Wildman–Crippen MR) is 107 cm³/mol. The van der Waals surface area contributed by atoms with Gasteiger partial charge in [-0.2, -0.15) is 18.3 Å². The average molecular weight is 407 g/mol. The van der Waals surface area contributed by atoms with Gasteiger partial charge in [-0.25, -0.2) is 0 Å². The zero-order valence-electron chi connectivity index (χ0n) is 16.3. The Labute approximate surface area is 167 Å². The van der Waals surface area contributed by atoms with Crippen LogP contribution in [0.3, 0.4) is 0 Å². The largest absolute Gasteiger partial charge is 0.456 e. The van der Waals surface area contributed by atoms with Crippen LogP contribution in [0.5, 0.6) is 5.75 Å². The topological polar surface area (TPSA) is 77.0 Å². The van der Waals surface area contributed by atoms with E-state index in [4.69, 9.17) is 10.1 Å². The molecule has 2 rings (SSSR count). The monoisotopic (exact) mass is 407 g/mol. The van der Waals surface area contributed by atoms with Gasteiger partial charge in [-0.1, -0.05) is 12.7 Å². The summed E-state index contributed by atoms with van der Waals surface area (Å²) >= 11 is 0. The lowest BCUT2D eigenvalue weighted by Crippen LogP contribution is -2.27. The number of nitrogens with one attached hydrogen (secondary N) is 3. The summed E-state index contributed by atoms with van der Waals surface area (Å²) in [6, 6.07) is 3.42. The number of nitrogens with zero attached hydrogens (tertiary/aromatic N) is 2. The zero-order chi connectivity index (χ0) is 21.4. The number of allylic oxidation sites excluding steroid dienone is 3. The van der Waals surface area contributed by atoms with Crippen molar-refractivity contribution < 1.29 is 17.9 Å². The molecule has 0 radical (unpaired) electrons. The molecule has 0 saturated carbocycles. The molecule has 3 N–H and O–H groups in total. The van der Waals surface area contributed by atoms with Crippen LogP contribution in [-0.4, -0.2) is 48.5 Å². The number of hydrogen-bond acceptors (Lipinski definition) is 5. The Morgan fingerprint density at radius 2 is 2.14 bits per heavy atom. The van der Waals surface area contributed by atoms with Crippen molar-refractivity contribution in [2.45, 2.75) is 12.7 Å². The molecule has 156 valence electrons. The highest BCUT2D eigenvalue weighted by Crippen LogP contribution is 2.36. The van der Waals surface area contributed by atoms with Gasteiger partial charge in [0.1, 0.15) is 11.5 Å². The fourth-order valence-electron chi connectivity index (χ4n) is 2.68. The molecule has 1 aromatic heterocycles. The summed E-state index contributed by atoms with van der Waals surface area (Å²) in [5.74, 6) is 0.0308. The SMILES string of the molecule is C=C/C=C(\C=N)Oc1cc(-c2n[nH]cc2CN(C)CCNC)cc(C(F)(F)F)c1. The van der Waals surface area contributed by atoms with Crippen LogP contribution in [-0.2, 0) is 12.7 Å². The van der Waals surface area contributed by atoms with Crippen LogP contribution in [0.25, 0.3) is 11.3 Å². The molecule has 1 aromatic carbocycles. The molecule has 6 nitrogen and oxygen atoms in total. The van der Waals surface area contributed by atoms with Gasteiger partial charge in [-0.3, -0.25) is 5.10 Å². The molecule has 0 aliphatic rings. The molecule has 0 aliphatic carbocycles. The first-order chi connectivity index (χ1) is 13.8. The average Bonchev–Trinajstić information content (AvgIpc) is 3.13. The number of rotatable bonds is 10. The van der Waals surface area contributed by atoms with Gasteiger partial charge in [0.15, 0.2) is 0 Å². The summed E-state index contributed by atoms with van der Waals surface area (Å²) in [6.07, 6.45) is 0.803. The quantitative estimate of drug-likeness (QED) is 0.318. The van der Waals surface area contributed by atoms with Crippen molar-refractivity contribution >= 4 is 6.21 Å². The van der Waals surface area contributed by atoms with Gasteiger partial charge in [-0.15, -0.1) is 0 Å². The van der Waals surface area contributed by atoms with Crippen LogP contribution in [0.1, 0.15) is 11.1 Å². The second-order valence-electron chi connectivity index (χ2n) is 6.40. The van der Waals surface area contributed by atoms with Gasteiger partial charge in [0.25, 0.3) is 0 Å². The van der Waals surface area contributed by atoms with Crippen molar-refractivity contribution in [3.8, 4) is 17.0 Å². The molecule has 2 aromatic rings. The van der Waals surface area contributed by atoms with Crippen molar-refractivity contribution in [2.75, 3.05) is 27.2 Å². The molecular weight excluding hydrogens is 383 g/mol. The number of alkyl halides is 3. The minimum atomic E-state index is -4.55. The predicted octanol–water partition coefficient (Wildman–Crippen LogP) is 3.84. The summed E-state index contributed by atoms with van der Waals surface area (Å²) in [5, 5.41) is 17.3. The van der Waals surface area contributed by atoms with E-state index in [9.17, 15) is 13.2 Å². The number of ether oxygens (including phenoxy) is 1. The lowest BCUT2D eigenvalue weighted by molar-refractivity contribution is -0.137. The Morgan fingerprint density at radius 3 is 2.76 bits per heavy atom. The van der Waals surface area contributed by atoms with E-state index in [1.54, 1.807) is 6.20 Å². The van der Waals surface area contributed by atoms with E-state index < -0.39 is 11.7 Å². The van der Waals surface area contributed by atoms with E-state index in [-0.39, 0.29) is 17.1 Å². The molecule has 0 spiro atoms. The molecule has 1 heterocycles. The number of aromatic nitrogens is 2. The van der Waals surface area contributed by atoms with E-state index in [1.807, 2.05) is 19.0 Å². The van der Waals surface area contributed by atoms with Crippen LogP contribution in [0, 0.1) is 5.41 Å². The Bertz CT molecular complexity index is 873. The van der Waals surface area contributed by atoms with Crippen LogP contribution < -0.4 is 10.1 Å². The lowest BCUT2D eigenvalue weighted by atomic mass is 10.0. The number of halogens is 3. The first-order valence-corrected chi connectivity index (χ1v) is 8.88. The molecule has 9 heteroatoms. The summed E-state index contributed by atoms with van der Waals surface area (Å²) < 4.78 is 45.7. The van der Waals surface area contributed by atoms with Crippen molar-refractivity contribution in [3.05, 3.63) is 60.0 Å². The molecule has 29 heavy (non-hydrogen) atoms. The molecule has 0 bridgehead atoms. The number of benzene rings is 1. The third kappa shape index (κ3) is 6.30. The third-order valence-corrected chi connectivity index (χ3v) is 4.07. The van der Waals surface area contributed by atoms with Crippen molar-refractivity contribution in [1.82, 2.24) is 20.4 Å². The molecule has 0 fully saturated rings. The smallest absolute Gasteiger partial charge is 0.416 e. The maximum absolute atomic E-state index is 13.4. The molecule has 0 amide bonds. The van der Waals surface area contributed by atoms with Gasteiger partial charge in [0.2, 0.25) is 0 Å². The van der Waals surface area contributed by atoms with Crippen molar-refractivity contribution in [2.24, 2.45) is 0 Å². The maximum Gasteiger partial charge on any atom is 0.416 e. The van der Waals surface area contributed by atoms with E-state index in [0.29, 0.717) is 12.2 Å². The number of likely N-dealkylation sites (N-methyl/N-ethyl adjacent to an activating group) is 2. The highest BCUT2D eigenvalue weighted by molar-refractivity contribution is 5.74. The highest BCUT2D eigenvalue weighted by atomic mass is 19.4. The Kier molecular flexibility index (Phi) is 7.74. The Morgan fingerprint density at radius 1 is 1.38 bits per heavy atom. The lowest BCUT2D eigenvalue weighted by Gasteiger charge is -2.17. The summed E-state index contributed by atoms with van der Waals surface area (Å²) in [4.78, 5) is 2.04. The van der Waals surface area contributed by atoms with Crippen molar-refractivity contribution in [3.63, 3.8) is 0 Å². The minimum Gasteiger partial charge on any atom is -0.456 e. The first kappa shape index (κ1) is 22.4. The van der Waals surface area contributed by atoms with Gasteiger partial charge >= 0.3 is 6.18 Å². The van der Waals surface area contributed by atoms with E-state index in [2.05, 4.69) is 22.1 Å². The minimum absolute atomic E-state index is 0.0380. The van der Waals surface area contributed by atoms with Gasteiger partial charge in [0.05, 0.1) is 17.5 Å². The maximum atomic E-state index is 13.4. The number of H-pyrrole nitrogens is 1. The summed E-state index contributed by atoms with van der Waals surface area (Å²) in [7, 11) is 3.77. The fraction of sp³-hybridized carbons (Fsp3) is 0.300. The standard InChI is InChI=1S/C20H24F3N5O/c1-4-5-17(11-24)29-18-9-14(8-16(10-18)20(21,22)23)19-15(12-26-27-19)13-28(3)7-6-25-2/h4-5,8-12,24-25H,1,6-7,13H2,2-3H3,(H,26,27)/b17-5+,24-11?. The molecule has 0 aliphatic heterocycles. The molecule has 0 saturated heterocycles.